The number of alkyl halides is 1. The van der Waals surface area contributed by atoms with E-state index in [2.05, 4.69) is 95.4 Å². The molecule has 27 heavy (non-hydrogen) atoms. The van der Waals surface area contributed by atoms with Crippen molar-refractivity contribution < 1.29 is 4.79 Å². The molecule has 0 aliphatic carbocycles. The topological polar surface area (TPSA) is 17.1 Å². The lowest BCUT2D eigenvalue weighted by Gasteiger charge is -2.33. The molecule has 0 saturated carbocycles. The number of hydrogen-bond donors (Lipinski definition) is 0. The molecule has 1 nitrogen and oxygen atoms in total. The Kier molecular flexibility index (Phi) is 6.18. The standard InChI is InChI=1S/C24H25IOP/c1-24(2,3)22(26)23(25)27(19-13-7-4-8-14-19,20-15-9-5-10-16-20)21-17-11-6-12-18-21/h4-18,23H,1-3H3/q+1. The van der Waals surface area contributed by atoms with Crippen LogP contribution in [0.15, 0.2) is 91.0 Å². The molecule has 1 atom stereocenters. The lowest BCUT2D eigenvalue weighted by molar-refractivity contribution is -0.124. The van der Waals surface area contributed by atoms with Crippen LogP contribution >= 0.6 is 29.9 Å². The van der Waals surface area contributed by atoms with Gasteiger partial charge in [0.1, 0.15) is 23.2 Å². The van der Waals surface area contributed by atoms with Crippen molar-refractivity contribution in [3.63, 3.8) is 0 Å². The largest absolute Gasteiger partial charge is 0.294 e. The van der Waals surface area contributed by atoms with E-state index >= 15 is 0 Å². The fraction of sp³-hybridized carbons (Fsp3) is 0.208. The Bertz CT molecular complexity index is 789. The highest BCUT2D eigenvalue weighted by atomic mass is 127. The molecule has 138 valence electrons. The summed E-state index contributed by atoms with van der Waals surface area (Å²) in [6.07, 6.45) is 0. The molecule has 0 aromatic heterocycles. The van der Waals surface area contributed by atoms with Crippen molar-refractivity contribution in [2.45, 2.75) is 24.4 Å². The number of carbonyl (C=O) groups excluding carboxylic acids is 1. The van der Waals surface area contributed by atoms with Gasteiger partial charge in [-0.25, -0.2) is 0 Å². The minimum atomic E-state index is -2.16. The van der Waals surface area contributed by atoms with E-state index in [4.69, 9.17) is 0 Å². The first-order valence-corrected chi connectivity index (χ1v) is 12.2. The zero-order valence-electron chi connectivity index (χ0n) is 16.0. The van der Waals surface area contributed by atoms with Crippen molar-refractivity contribution in [1.29, 1.82) is 0 Å². The molecular weight excluding hydrogens is 462 g/mol. The third-order valence-electron chi connectivity index (χ3n) is 4.79. The van der Waals surface area contributed by atoms with E-state index < -0.39 is 12.7 Å². The number of ketones is 1. The Morgan fingerprint density at radius 1 is 0.704 bits per heavy atom. The Hall–Kier alpha value is -1.51. The summed E-state index contributed by atoms with van der Waals surface area (Å²) in [7, 11) is -2.16. The SMILES string of the molecule is CC(C)(C)C(=O)C(I)[P+](c1ccccc1)(c1ccccc1)c1ccccc1. The van der Waals surface area contributed by atoms with E-state index in [0.29, 0.717) is 5.78 Å². The predicted molar refractivity (Wildman–Crippen MR) is 127 cm³/mol. The zero-order valence-corrected chi connectivity index (χ0v) is 19.0. The Labute approximate surface area is 176 Å². The number of rotatable bonds is 5. The third-order valence-corrected chi connectivity index (χ3v) is 12.1. The van der Waals surface area contributed by atoms with Crippen LogP contribution in [-0.4, -0.2) is 9.45 Å². The van der Waals surface area contributed by atoms with Crippen LogP contribution in [0.25, 0.3) is 0 Å². The van der Waals surface area contributed by atoms with Crippen molar-refractivity contribution in [3.8, 4) is 0 Å². The molecule has 0 fully saturated rings. The van der Waals surface area contributed by atoms with Crippen LogP contribution in [0.3, 0.4) is 0 Å². The van der Waals surface area contributed by atoms with Crippen LogP contribution in [0, 0.1) is 5.41 Å². The van der Waals surface area contributed by atoms with Gasteiger partial charge >= 0.3 is 0 Å². The lowest BCUT2D eigenvalue weighted by Crippen LogP contribution is -2.42. The van der Waals surface area contributed by atoms with Gasteiger partial charge in [-0.15, -0.1) is 0 Å². The summed E-state index contributed by atoms with van der Waals surface area (Å²) in [5.41, 5.74) is -0.393. The van der Waals surface area contributed by atoms with Gasteiger partial charge in [-0.2, -0.15) is 0 Å². The van der Waals surface area contributed by atoms with E-state index in [9.17, 15) is 4.79 Å². The molecule has 0 radical (unpaired) electrons. The van der Waals surface area contributed by atoms with Crippen LogP contribution in [0.5, 0.6) is 0 Å². The Morgan fingerprint density at radius 3 is 1.26 bits per heavy atom. The van der Waals surface area contributed by atoms with Crippen molar-refractivity contribution in [2.75, 3.05) is 0 Å². The first-order valence-electron chi connectivity index (χ1n) is 9.12. The summed E-state index contributed by atoms with van der Waals surface area (Å²) in [4.78, 5) is 13.6. The summed E-state index contributed by atoms with van der Waals surface area (Å²) in [6, 6.07) is 31.8. The zero-order chi connectivity index (χ0) is 19.5. The number of Topliss-reactive ketones (excluding diaryl/α,β-unsaturated/α-hetero) is 1. The maximum Gasteiger partial charge on any atom is 0.191 e. The number of halogens is 1. The maximum atomic E-state index is 13.6. The molecule has 0 heterocycles. The lowest BCUT2D eigenvalue weighted by atomic mass is 9.92. The monoisotopic (exact) mass is 487 g/mol. The smallest absolute Gasteiger partial charge is 0.191 e. The van der Waals surface area contributed by atoms with Gasteiger partial charge in [0.05, 0.1) is 0 Å². The molecule has 0 aliphatic heterocycles. The molecule has 0 amide bonds. The van der Waals surface area contributed by atoms with Crippen molar-refractivity contribution in [3.05, 3.63) is 91.0 Å². The van der Waals surface area contributed by atoms with Gasteiger partial charge in [-0.05, 0) is 59.0 Å². The predicted octanol–water partition coefficient (Wildman–Crippen LogP) is 5.36. The van der Waals surface area contributed by atoms with Crippen LogP contribution in [0.1, 0.15) is 20.8 Å². The van der Waals surface area contributed by atoms with Gasteiger partial charge in [0, 0.05) is 5.41 Å². The van der Waals surface area contributed by atoms with Crippen LogP contribution in [0.4, 0.5) is 0 Å². The second kappa shape index (κ2) is 8.24. The molecule has 3 aromatic rings. The van der Waals surface area contributed by atoms with E-state index in [1.165, 1.54) is 15.9 Å². The van der Waals surface area contributed by atoms with Gasteiger partial charge < -0.3 is 0 Å². The van der Waals surface area contributed by atoms with E-state index in [1.54, 1.807) is 0 Å². The average Bonchev–Trinajstić information content (AvgIpc) is 2.70. The highest BCUT2D eigenvalue weighted by Gasteiger charge is 2.56. The summed E-state index contributed by atoms with van der Waals surface area (Å²) >= 11 is 2.42. The second-order valence-electron chi connectivity index (χ2n) is 7.68. The van der Waals surface area contributed by atoms with Gasteiger partial charge in [-0.1, -0.05) is 75.4 Å². The number of hydrogen-bond acceptors (Lipinski definition) is 1. The molecular formula is C24H25IOP+. The quantitative estimate of drug-likeness (QED) is 0.269. The Morgan fingerprint density at radius 2 is 1.00 bits per heavy atom. The summed E-state index contributed by atoms with van der Waals surface area (Å²) in [5, 5.41) is 3.75. The Balaban J connectivity index is 2.38. The maximum absolute atomic E-state index is 13.6. The van der Waals surface area contributed by atoms with Gasteiger partial charge in [0.15, 0.2) is 9.45 Å². The number of benzene rings is 3. The van der Waals surface area contributed by atoms with Crippen molar-refractivity contribution in [2.24, 2.45) is 5.41 Å². The minimum absolute atomic E-state index is 0.137. The van der Waals surface area contributed by atoms with Crippen LogP contribution in [-0.2, 0) is 4.79 Å². The van der Waals surface area contributed by atoms with E-state index in [0.717, 1.165) is 0 Å². The van der Waals surface area contributed by atoms with E-state index in [-0.39, 0.29) is 3.67 Å². The first-order chi connectivity index (χ1) is 12.9. The number of carbonyl (C=O) groups is 1. The van der Waals surface area contributed by atoms with Gasteiger partial charge in [0.25, 0.3) is 0 Å². The molecule has 3 aromatic carbocycles. The molecule has 0 saturated heterocycles. The van der Waals surface area contributed by atoms with Crippen LogP contribution < -0.4 is 15.9 Å². The minimum Gasteiger partial charge on any atom is -0.294 e. The second-order valence-corrected chi connectivity index (χ2v) is 13.4. The van der Waals surface area contributed by atoms with Gasteiger partial charge in [-0.3, -0.25) is 4.79 Å². The fourth-order valence-electron chi connectivity index (χ4n) is 3.36. The van der Waals surface area contributed by atoms with Gasteiger partial charge in [0.2, 0.25) is 0 Å². The fourth-order valence-corrected chi connectivity index (χ4v) is 11.5. The first kappa shape index (κ1) is 20.2. The molecule has 0 aliphatic rings. The summed E-state index contributed by atoms with van der Waals surface area (Å²) in [6.45, 7) is 6.07. The summed E-state index contributed by atoms with van der Waals surface area (Å²) < 4.78 is -0.137. The summed E-state index contributed by atoms with van der Waals surface area (Å²) in [5.74, 6) is 0.299. The van der Waals surface area contributed by atoms with Crippen molar-refractivity contribution >= 4 is 51.6 Å². The molecule has 1 unspecified atom stereocenters. The molecule has 3 rings (SSSR count). The molecule has 3 heteroatoms. The van der Waals surface area contributed by atoms with Crippen molar-refractivity contribution in [1.82, 2.24) is 0 Å². The highest BCUT2D eigenvalue weighted by molar-refractivity contribution is 14.1. The normalized spacial score (nSPS) is 13.2. The van der Waals surface area contributed by atoms with E-state index in [1.807, 2.05) is 39.0 Å². The molecule has 0 N–H and O–H groups in total. The van der Waals surface area contributed by atoms with Crippen LogP contribution in [0.2, 0.25) is 0 Å². The molecule has 0 bridgehead atoms. The molecule has 0 spiro atoms. The third kappa shape index (κ3) is 3.88. The average molecular weight is 487 g/mol. The highest BCUT2D eigenvalue weighted by Crippen LogP contribution is 2.63.